The molecule has 0 bridgehead atoms. The molecule has 1 amide bonds. The summed E-state index contributed by atoms with van der Waals surface area (Å²) in [7, 11) is 0. The Labute approximate surface area is 97.6 Å². The normalized spacial score (nSPS) is 14.0. The van der Waals surface area contributed by atoms with E-state index in [4.69, 9.17) is 10.9 Å². The zero-order valence-electron chi connectivity index (χ0n) is 9.30. The Morgan fingerprint density at radius 3 is 2.82 bits per heavy atom. The lowest BCUT2D eigenvalue weighted by Crippen LogP contribution is -2.52. The van der Waals surface area contributed by atoms with E-state index in [1.165, 1.54) is 13.3 Å². The van der Waals surface area contributed by atoms with E-state index in [0.29, 0.717) is 6.42 Å². The number of imidazole rings is 1. The van der Waals surface area contributed by atoms with E-state index < -0.39 is 24.0 Å². The van der Waals surface area contributed by atoms with E-state index in [1.807, 2.05) is 0 Å². The minimum atomic E-state index is -1.10. The number of aromatic amines is 1. The molecule has 1 rings (SSSR count). The van der Waals surface area contributed by atoms with Gasteiger partial charge < -0.3 is 15.4 Å². The van der Waals surface area contributed by atoms with E-state index in [-0.39, 0.29) is 0 Å². The van der Waals surface area contributed by atoms with Crippen LogP contribution < -0.4 is 16.6 Å². The Hall–Kier alpha value is -1.93. The van der Waals surface area contributed by atoms with Crippen LogP contribution in [0.1, 0.15) is 12.6 Å². The van der Waals surface area contributed by atoms with Gasteiger partial charge in [-0.05, 0) is 6.92 Å². The predicted octanol–water partition coefficient (Wildman–Crippen LogP) is -1.63. The lowest BCUT2D eigenvalue weighted by atomic mass is 10.1. The van der Waals surface area contributed by atoms with Crippen molar-refractivity contribution in [3.63, 3.8) is 0 Å². The van der Waals surface area contributed by atoms with Gasteiger partial charge in [-0.15, -0.1) is 0 Å². The molecule has 0 fully saturated rings. The van der Waals surface area contributed by atoms with Crippen molar-refractivity contribution < 1.29 is 14.7 Å². The number of nitrogens with one attached hydrogen (secondary N) is 3. The zero-order valence-corrected chi connectivity index (χ0v) is 9.30. The van der Waals surface area contributed by atoms with E-state index in [2.05, 4.69) is 20.7 Å². The molecule has 0 aliphatic heterocycles. The highest BCUT2D eigenvalue weighted by Gasteiger charge is 2.22. The summed E-state index contributed by atoms with van der Waals surface area (Å²) in [6.45, 7) is 1.38. The molecule has 1 aromatic rings. The quantitative estimate of drug-likeness (QED) is 0.300. The molecule has 6 N–H and O–H groups in total. The summed E-state index contributed by atoms with van der Waals surface area (Å²) < 4.78 is 0. The number of hydrogen-bond donors (Lipinski definition) is 5. The highest BCUT2D eigenvalue weighted by Crippen LogP contribution is 1.98. The van der Waals surface area contributed by atoms with Crippen molar-refractivity contribution in [2.75, 3.05) is 0 Å². The average molecular weight is 241 g/mol. The molecule has 0 aliphatic rings. The molecular weight excluding hydrogens is 226 g/mol. The number of carbonyl (C=O) groups excluding carboxylic acids is 1. The predicted molar refractivity (Wildman–Crippen MR) is 58.6 cm³/mol. The van der Waals surface area contributed by atoms with Gasteiger partial charge in [-0.25, -0.2) is 10.4 Å². The SMILES string of the molecule is C[C@H](NC(=O)[C@H](Cc1cnc[nH]1)NN)C(=O)O. The number of nitrogens with two attached hydrogens (primary N) is 1. The molecule has 8 nitrogen and oxygen atoms in total. The molecule has 0 radical (unpaired) electrons. The molecular formula is C9H15N5O3. The van der Waals surface area contributed by atoms with Crippen LogP contribution in [-0.2, 0) is 16.0 Å². The van der Waals surface area contributed by atoms with Crippen LogP contribution in [0.15, 0.2) is 12.5 Å². The van der Waals surface area contributed by atoms with E-state index >= 15 is 0 Å². The first-order chi connectivity index (χ1) is 8.04. The molecule has 1 aromatic heterocycles. The minimum Gasteiger partial charge on any atom is -0.480 e. The number of carbonyl (C=O) groups is 2. The Balaban J connectivity index is 2.55. The summed E-state index contributed by atoms with van der Waals surface area (Å²) >= 11 is 0. The second-order valence-corrected chi connectivity index (χ2v) is 3.57. The molecule has 1 heterocycles. The molecule has 17 heavy (non-hydrogen) atoms. The average Bonchev–Trinajstić information content (AvgIpc) is 2.78. The van der Waals surface area contributed by atoms with E-state index in [9.17, 15) is 9.59 Å². The molecule has 0 unspecified atom stereocenters. The lowest BCUT2D eigenvalue weighted by Gasteiger charge is -2.16. The summed E-state index contributed by atoms with van der Waals surface area (Å²) in [5, 5.41) is 11.0. The Bertz CT molecular complexity index is 378. The van der Waals surface area contributed by atoms with Gasteiger partial charge in [0.2, 0.25) is 5.91 Å². The second kappa shape index (κ2) is 5.97. The number of aliphatic carboxylic acids is 1. The van der Waals surface area contributed by atoms with Gasteiger partial charge in [0.1, 0.15) is 12.1 Å². The highest BCUT2D eigenvalue weighted by molar-refractivity contribution is 5.86. The first-order valence-electron chi connectivity index (χ1n) is 5.01. The van der Waals surface area contributed by atoms with Gasteiger partial charge in [0.05, 0.1) is 6.33 Å². The van der Waals surface area contributed by atoms with E-state index in [0.717, 1.165) is 5.69 Å². The third-order valence-corrected chi connectivity index (χ3v) is 2.23. The van der Waals surface area contributed by atoms with Crippen LogP contribution in [0.2, 0.25) is 0 Å². The Kier molecular flexibility index (Phi) is 4.61. The molecule has 0 aromatic carbocycles. The van der Waals surface area contributed by atoms with Gasteiger partial charge in [0.15, 0.2) is 0 Å². The standard InChI is InChI=1S/C9H15N5O3/c1-5(9(16)17)13-8(15)7(14-10)2-6-3-11-4-12-6/h3-5,7,14H,2,10H2,1H3,(H,11,12)(H,13,15)(H,16,17)/t5-,7-/m0/s1. The molecule has 2 atom stereocenters. The minimum absolute atomic E-state index is 0.300. The number of aromatic nitrogens is 2. The van der Waals surface area contributed by atoms with Crippen LogP contribution in [0.5, 0.6) is 0 Å². The van der Waals surface area contributed by atoms with Crippen molar-refractivity contribution in [2.45, 2.75) is 25.4 Å². The van der Waals surface area contributed by atoms with Gasteiger partial charge in [-0.1, -0.05) is 0 Å². The molecule has 0 saturated heterocycles. The monoisotopic (exact) mass is 241 g/mol. The number of hydrazine groups is 1. The highest BCUT2D eigenvalue weighted by atomic mass is 16.4. The van der Waals surface area contributed by atoms with Crippen LogP contribution in [0.4, 0.5) is 0 Å². The van der Waals surface area contributed by atoms with Crippen molar-refractivity contribution in [1.82, 2.24) is 20.7 Å². The fraction of sp³-hybridized carbons (Fsp3) is 0.444. The third-order valence-electron chi connectivity index (χ3n) is 2.23. The summed E-state index contributed by atoms with van der Waals surface area (Å²) in [4.78, 5) is 28.9. The summed E-state index contributed by atoms with van der Waals surface area (Å²) in [6.07, 6.45) is 3.35. The lowest BCUT2D eigenvalue weighted by molar-refractivity contribution is -0.141. The number of nitrogens with zero attached hydrogens (tertiary/aromatic N) is 1. The number of hydrogen-bond acceptors (Lipinski definition) is 5. The van der Waals surface area contributed by atoms with Crippen molar-refractivity contribution in [1.29, 1.82) is 0 Å². The maximum Gasteiger partial charge on any atom is 0.325 e. The molecule has 8 heteroatoms. The second-order valence-electron chi connectivity index (χ2n) is 3.57. The van der Waals surface area contributed by atoms with Crippen LogP contribution in [0.3, 0.4) is 0 Å². The first-order valence-corrected chi connectivity index (χ1v) is 5.01. The number of carboxylic acid groups (broad SMARTS) is 1. The number of H-pyrrole nitrogens is 1. The maximum atomic E-state index is 11.7. The number of carboxylic acids is 1. The van der Waals surface area contributed by atoms with Gasteiger partial charge in [-0.2, -0.15) is 0 Å². The fourth-order valence-corrected chi connectivity index (χ4v) is 1.22. The third kappa shape index (κ3) is 3.85. The van der Waals surface area contributed by atoms with Gasteiger partial charge in [0, 0.05) is 18.3 Å². The summed E-state index contributed by atoms with van der Waals surface area (Å²) in [6, 6.07) is -1.67. The largest absolute Gasteiger partial charge is 0.480 e. The van der Waals surface area contributed by atoms with Gasteiger partial charge >= 0.3 is 5.97 Å². The summed E-state index contributed by atoms with van der Waals surface area (Å²) in [5.74, 6) is 3.67. The number of amides is 1. The first kappa shape index (κ1) is 13.1. The van der Waals surface area contributed by atoms with Crippen LogP contribution >= 0.6 is 0 Å². The molecule has 0 saturated carbocycles. The van der Waals surface area contributed by atoms with Crippen LogP contribution in [0.25, 0.3) is 0 Å². The topological polar surface area (TPSA) is 133 Å². The number of rotatable bonds is 6. The smallest absolute Gasteiger partial charge is 0.325 e. The molecule has 94 valence electrons. The maximum absolute atomic E-state index is 11.7. The van der Waals surface area contributed by atoms with Crippen molar-refractivity contribution in [2.24, 2.45) is 5.84 Å². The van der Waals surface area contributed by atoms with Crippen molar-refractivity contribution >= 4 is 11.9 Å². The van der Waals surface area contributed by atoms with Gasteiger partial charge in [-0.3, -0.25) is 15.4 Å². The summed E-state index contributed by atoms with van der Waals surface area (Å²) in [5.41, 5.74) is 3.06. The Morgan fingerprint density at radius 2 is 2.35 bits per heavy atom. The van der Waals surface area contributed by atoms with Crippen LogP contribution in [0, 0.1) is 0 Å². The Morgan fingerprint density at radius 1 is 1.65 bits per heavy atom. The molecule has 0 spiro atoms. The van der Waals surface area contributed by atoms with Gasteiger partial charge in [0.25, 0.3) is 0 Å². The van der Waals surface area contributed by atoms with Crippen molar-refractivity contribution in [3.05, 3.63) is 18.2 Å². The molecule has 0 aliphatic carbocycles. The van der Waals surface area contributed by atoms with Crippen molar-refractivity contribution in [3.8, 4) is 0 Å². The van der Waals surface area contributed by atoms with E-state index in [1.54, 1.807) is 6.20 Å². The zero-order chi connectivity index (χ0) is 12.8. The fourth-order valence-electron chi connectivity index (χ4n) is 1.22. The van der Waals surface area contributed by atoms with Crippen LogP contribution in [-0.4, -0.2) is 39.0 Å².